The van der Waals surface area contributed by atoms with Crippen LogP contribution in [0.5, 0.6) is 0 Å². The number of carboxylic acid groups (broad SMARTS) is 1. The van der Waals surface area contributed by atoms with Crippen molar-refractivity contribution in [3.8, 4) is 0 Å². The van der Waals surface area contributed by atoms with Crippen LogP contribution in [0.1, 0.15) is 23.7 Å². The van der Waals surface area contributed by atoms with Gasteiger partial charge in [0.15, 0.2) is 5.12 Å². The van der Waals surface area contributed by atoms with E-state index in [9.17, 15) is 23.2 Å². The number of rotatable bonds is 4. The molecule has 0 saturated carbocycles. The Morgan fingerprint density at radius 3 is 2.68 bits per heavy atom. The molecule has 1 atom stereocenters. The van der Waals surface area contributed by atoms with Crippen LogP contribution in [0.25, 0.3) is 0 Å². The number of halogens is 2. The Balaban J connectivity index is 2.30. The Labute approximate surface area is 129 Å². The Bertz CT molecular complexity index is 650. The second-order valence-corrected chi connectivity index (χ2v) is 6.16. The number of amides is 1. The molecule has 1 aliphatic rings. The maximum absolute atomic E-state index is 13.7. The highest BCUT2D eigenvalue weighted by Crippen LogP contribution is 2.32. The average Bonchev–Trinajstić information content (AvgIpc) is 2.76. The number of carboxylic acids is 1. The van der Waals surface area contributed by atoms with Gasteiger partial charge >= 0.3 is 5.97 Å². The molecular weight excluding hydrogens is 316 g/mol. The van der Waals surface area contributed by atoms with Gasteiger partial charge in [-0.1, -0.05) is 11.8 Å². The van der Waals surface area contributed by atoms with Crippen molar-refractivity contribution in [3.05, 3.63) is 29.3 Å². The average molecular weight is 329 g/mol. The number of hydrogen-bond acceptors (Lipinski definition) is 4. The normalized spacial score (nSPS) is 17.9. The van der Waals surface area contributed by atoms with Gasteiger partial charge in [-0.25, -0.2) is 13.6 Å². The fourth-order valence-corrected chi connectivity index (χ4v) is 3.04. The Kier molecular flexibility index (Phi) is 4.80. The molecule has 1 saturated heterocycles. The first-order chi connectivity index (χ1) is 10.3. The quantitative estimate of drug-likeness (QED) is 0.917. The van der Waals surface area contributed by atoms with E-state index < -0.39 is 29.1 Å². The summed E-state index contributed by atoms with van der Waals surface area (Å²) in [6, 6.07) is 1.31. The molecular formula is C14H13F2NO4S. The van der Waals surface area contributed by atoms with Crippen molar-refractivity contribution in [2.45, 2.75) is 13.3 Å². The predicted molar refractivity (Wildman–Crippen MR) is 76.9 cm³/mol. The van der Waals surface area contributed by atoms with Gasteiger partial charge in [0.1, 0.15) is 17.2 Å². The van der Waals surface area contributed by atoms with Crippen LogP contribution in [0.4, 0.5) is 14.5 Å². The van der Waals surface area contributed by atoms with Crippen LogP contribution >= 0.6 is 11.8 Å². The summed E-state index contributed by atoms with van der Waals surface area (Å²) in [6.45, 7) is 1.53. The lowest BCUT2D eigenvalue weighted by molar-refractivity contribution is -0.117. The SMILES string of the molecule is CC(=O)SCC1CC(=O)N(c2cc(F)cc(F)c2C(=O)O)C1. The number of carbonyl (C=O) groups is 3. The smallest absolute Gasteiger partial charge is 0.340 e. The molecule has 1 aromatic rings. The molecule has 1 fully saturated rings. The van der Waals surface area contributed by atoms with E-state index in [2.05, 4.69) is 0 Å². The van der Waals surface area contributed by atoms with Crippen LogP contribution in [-0.4, -0.2) is 34.4 Å². The minimum absolute atomic E-state index is 0.0890. The van der Waals surface area contributed by atoms with E-state index in [1.54, 1.807) is 0 Å². The van der Waals surface area contributed by atoms with Gasteiger partial charge in [-0.15, -0.1) is 0 Å². The third-order valence-corrected chi connectivity index (χ3v) is 4.31. The van der Waals surface area contributed by atoms with Crippen LogP contribution in [0.3, 0.4) is 0 Å². The van der Waals surface area contributed by atoms with Gasteiger partial charge in [-0.3, -0.25) is 9.59 Å². The van der Waals surface area contributed by atoms with E-state index in [-0.39, 0.29) is 29.7 Å². The lowest BCUT2D eigenvalue weighted by Crippen LogP contribution is -2.27. The minimum Gasteiger partial charge on any atom is -0.478 e. The standard InChI is InChI=1S/C14H13F2NO4S/c1-7(18)22-6-8-2-12(19)17(5-8)11-4-9(15)3-10(16)13(11)14(20)21/h3-4,8H,2,5-6H2,1H3,(H,20,21). The molecule has 1 unspecified atom stereocenters. The third-order valence-electron chi connectivity index (χ3n) is 3.27. The first-order valence-electron chi connectivity index (χ1n) is 6.45. The molecule has 0 aromatic heterocycles. The van der Waals surface area contributed by atoms with Gasteiger partial charge in [0, 0.05) is 31.7 Å². The minimum atomic E-state index is -1.57. The number of benzene rings is 1. The molecule has 1 aliphatic heterocycles. The predicted octanol–water partition coefficient (Wildman–Crippen LogP) is 2.30. The van der Waals surface area contributed by atoms with Crippen LogP contribution in [0.2, 0.25) is 0 Å². The highest BCUT2D eigenvalue weighted by Gasteiger charge is 2.34. The van der Waals surface area contributed by atoms with Crippen molar-refractivity contribution in [2.75, 3.05) is 17.2 Å². The van der Waals surface area contributed by atoms with Crippen molar-refractivity contribution in [2.24, 2.45) is 5.92 Å². The van der Waals surface area contributed by atoms with Gasteiger partial charge < -0.3 is 10.0 Å². The molecule has 22 heavy (non-hydrogen) atoms. The summed E-state index contributed by atoms with van der Waals surface area (Å²) in [4.78, 5) is 35.2. The van der Waals surface area contributed by atoms with Gasteiger partial charge in [-0.2, -0.15) is 0 Å². The number of hydrogen-bond donors (Lipinski definition) is 1. The van der Waals surface area contributed by atoms with Crippen molar-refractivity contribution in [3.63, 3.8) is 0 Å². The number of anilines is 1. The number of nitrogens with zero attached hydrogens (tertiary/aromatic N) is 1. The molecule has 1 N–H and O–H groups in total. The Hall–Kier alpha value is -1.96. The van der Waals surface area contributed by atoms with E-state index in [1.807, 2.05) is 0 Å². The zero-order valence-corrected chi connectivity index (χ0v) is 12.5. The molecule has 0 spiro atoms. The first kappa shape index (κ1) is 16.4. The number of carbonyl (C=O) groups excluding carboxylic acids is 2. The van der Waals surface area contributed by atoms with Gasteiger partial charge in [0.2, 0.25) is 5.91 Å². The zero-order valence-electron chi connectivity index (χ0n) is 11.6. The Morgan fingerprint density at radius 2 is 2.09 bits per heavy atom. The molecule has 8 heteroatoms. The summed E-state index contributed by atoms with van der Waals surface area (Å²) in [7, 11) is 0. The van der Waals surface area contributed by atoms with Crippen molar-refractivity contribution in [1.82, 2.24) is 0 Å². The van der Waals surface area contributed by atoms with Crippen molar-refractivity contribution in [1.29, 1.82) is 0 Å². The molecule has 1 amide bonds. The van der Waals surface area contributed by atoms with Crippen molar-refractivity contribution < 1.29 is 28.3 Å². The van der Waals surface area contributed by atoms with E-state index in [4.69, 9.17) is 5.11 Å². The summed E-state index contributed by atoms with van der Waals surface area (Å²) < 4.78 is 27.1. The summed E-state index contributed by atoms with van der Waals surface area (Å²) in [5.74, 6) is -3.93. The first-order valence-corrected chi connectivity index (χ1v) is 7.44. The molecule has 0 radical (unpaired) electrons. The summed E-state index contributed by atoms with van der Waals surface area (Å²) in [5, 5.41) is 8.99. The summed E-state index contributed by atoms with van der Waals surface area (Å²) in [5.41, 5.74) is -1.01. The Morgan fingerprint density at radius 1 is 1.41 bits per heavy atom. The summed E-state index contributed by atoms with van der Waals surface area (Å²) >= 11 is 1.06. The highest BCUT2D eigenvalue weighted by molar-refractivity contribution is 8.13. The van der Waals surface area contributed by atoms with Gasteiger partial charge in [0.05, 0.1) is 5.69 Å². The van der Waals surface area contributed by atoms with Crippen molar-refractivity contribution >= 4 is 34.4 Å². The van der Waals surface area contributed by atoms with Crippen LogP contribution in [0, 0.1) is 17.6 Å². The van der Waals surface area contributed by atoms with Gasteiger partial charge in [0.25, 0.3) is 0 Å². The fraction of sp³-hybridized carbons (Fsp3) is 0.357. The van der Waals surface area contributed by atoms with Crippen LogP contribution in [0.15, 0.2) is 12.1 Å². The molecule has 0 bridgehead atoms. The maximum atomic E-state index is 13.7. The molecule has 118 valence electrons. The maximum Gasteiger partial charge on any atom is 0.340 e. The lowest BCUT2D eigenvalue weighted by Gasteiger charge is -2.19. The van der Waals surface area contributed by atoms with Crippen LogP contribution < -0.4 is 4.90 Å². The molecule has 1 heterocycles. The molecule has 0 aliphatic carbocycles. The lowest BCUT2D eigenvalue weighted by atomic mass is 10.1. The molecule has 2 rings (SSSR count). The number of aromatic carboxylic acids is 1. The third kappa shape index (κ3) is 3.44. The largest absolute Gasteiger partial charge is 0.478 e. The van der Waals surface area contributed by atoms with E-state index in [0.29, 0.717) is 11.8 Å². The second-order valence-electron chi connectivity index (χ2n) is 4.96. The highest BCUT2D eigenvalue weighted by atomic mass is 32.2. The molecule has 1 aromatic carbocycles. The van der Waals surface area contributed by atoms with E-state index in [0.717, 1.165) is 22.7 Å². The van der Waals surface area contributed by atoms with Crippen LogP contribution in [-0.2, 0) is 9.59 Å². The topological polar surface area (TPSA) is 74.7 Å². The zero-order chi connectivity index (χ0) is 16.4. The van der Waals surface area contributed by atoms with E-state index in [1.165, 1.54) is 6.92 Å². The second kappa shape index (κ2) is 6.43. The molecule has 5 nitrogen and oxygen atoms in total. The number of thioether (sulfide) groups is 1. The van der Waals surface area contributed by atoms with E-state index >= 15 is 0 Å². The fourth-order valence-electron chi connectivity index (χ4n) is 2.35. The summed E-state index contributed by atoms with van der Waals surface area (Å²) in [6.07, 6.45) is 0.109. The monoisotopic (exact) mass is 329 g/mol. The van der Waals surface area contributed by atoms with Gasteiger partial charge in [-0.05, 0) is 12.0 Å².